The van der Waals surface area contributed by atoms with Crippen LogP contribution < -0.4 is 11.1 Å². The number of hydrogen-bond acceptors (Lipinski definition) is 13. The Kier molecular flexibility index (Phi) is 16.5. The number of rotatable bonds is 20. The third-order valence-corrected chi connectivity index (χ3v) is 19.8. The molecule has 0 aliphatic carbocycles. The van der Waals surface area contributed by atoms with Gasteiger partial charge in [0.15, 0.2) is 34.3 Å². The molecule has 2 aromatic rings. The normalized spacial score (nSPS) is 20.4. The summed E-state index contributed by atoms with van der Waals surface area (Å²) in [5, 5.41) is 13.0. The molecule has 3 rings (SSSR count). The fraction of sp³-hybridized carbons (Fsp3) is 0.811. The van der Waals surface area contributed by atoms with Gasteiger partial charge in [0, 0.05) is 19.6 Å². The Morgan fingerprint density at radius 2 is 1.44 bits per heavy atom. The van der Waals surface area contributed by atoms with Gasteiger partial charge in [-0.25, -0.2) is 24.5 Å². The second kappa shape index (κ2) is 19.5. The van der Waals surface area contributed by atoms with E-state index in [4.69, 9.17) is 28.8 Å². The molecule has 15 nitrogen and oxygen atoms in total. The number of esters is 1. The number of alkyl carbamates (subject to hydrolysis) is 1. The molecule has 2 aromatic heterocycles. The summed E-state index contributed by atoms with van der Waals surface area (Å²) in [6, 6.07) is 4.62. The Labute approximate surface area is 324 Å². The van der Waals surface area contributed by atoms with Crippen LogP contribution >= 0.6 is 0 Å². The number of carbonyl (C=O) groups excluding carboxylic acids is 2. The molecule has 4 N–H and O–H groups in total. The molecule has 5 atom stereocenters. The van der Waals surface area contributed by atoms with Crippen molar-refractivity contribution in [1.29, 1.82) is 0 Å². The zero-order valence-electron chi connectivity index (χ0n) is 34.9. The van der Waals surface area contributed by atoms with Gasteiger partial charge < -0.3 is 39.2 Å². The quantitative estimate of drug-likeness (QED) is 0.105. The van der Waals surface area contributed by atoms with E-state index in [2.05, 4.69) is 61.8 Å². The molecule has 1 saturated heterocycles. The van der Waals surface area contributed by atoms with Gasteiger partial charge in [0.05, 0.1) is 12.9 Å². The zero-order valence-corrected chi connectivity index (χ0v) is 36.9. The van der Waals surface area contributed by atoms with Crippen LogP contribution in [-0.4, -0.2) is 120 Å². The number of aromatic nitrogens is 4. The molecular formula is C37H69N7O8Si2. The van der Waals surface area contributed by atoms with E-state index in [9.17, 15) is 14.7 Å². The van der Waals surface area contributed by atoms with Crippen LogP contribution in [0.25, 0.3) is 11.2 Å². The average Bonchev–Trinajstić information content (AvgIpc) is 3.67. The fourth-order valence-electron chi connectivity index (χ4n) is 7.05. The molecule has 54 heavy (non-hydrogen) atoms. The van der Waals surface area contributed by atoms with Crippen molar-refractivity contribution in [1.82, 2.24) is 29.7 Å². The first-order chi connectivity index (χ1) is 25.3. The lowest BCUT2D eigenvalue weighted by Gasteiger charge is -2.40. The van der Waals surface area contributed by atoms with E-state index in [1.165, 1.54) is 6.33 Å². The molecule has 1 fully saturated rings. The van der Waals surface area contributed by atoms with Crippen LogP contribution in [0, 0.1) is 0 Å². The highest BCUT2D eigenvalue weighted by Crippen LogP contribution is 2.42. The minimum absolute atomic E-state index is 0.129. The Morgan fingerprint density at radius 3 is 1.96 bits per heavy atom. The van der Waals surface area contributed by atoms with Crippen molar-refractivity contribution >= 4 is 45.7 Å². The molecule has 1 amide bonds. The van der Waals surface area contributed by atoms with Gasteiger partial charge in [-0.1, -0.05) is 41.5 Å². The van der Waals surface area contributed by atoms with E-state index in [1.807, 2.05) is 9.47 Å². The number of aliphatic hydroxyl groups excluding tert-OH is 1. The van der Waals surface area contributed by atoms with Crippen LogP contribution in [0.5, 0.6) is 0 Å². The molecule has 17 heteroatoms. The van der Waals surface area contributed by atoms with Crippen molar-refractivity contribution in [3.8, 4) is 0 Å². The van der Waals surface area contributed by atoms with E-state index in [0.717, 1.165) is 36.3 Å². The number of ether oxygens (including phenoxy) is 3. The van der Waals surface area contributed by atoms with Crippen LogP contribution in [0.15, 0.2) is 12.7 Å². The van der Waals surface area contributed by atoms with Gasteiger partial charge in [-0.3, -0.25) is 9.47 Å². The number of fused-ring (bicyclic) bond motifs is 1. The van der Waals surface area contributed by atoms with Crippen molar-refractivity contribution in [2.24, 2.45) is 0 Å². The van der Waals surface area contributed by atoms with E-state index in [1.54, 1.807) is 47.9 Å². The maximum absolute atomic E-state index is 13.4. The molecular weight excluding hydrogens is 727 g/mol. The van der Waals surface area contributed by atoms with E-state index in [-0.39, 0.29) is 18.8 Å². The van der Waals surface area contributed by atoms with Gasteiger partial charge >= 0.3 is 12.1 Å². The molecule has 0 bridgehead atoms. The van der Waals surface area contributed by atoms with Gasteiger partial charge in [0.1, 0.15) is 47.4 Å². The number of nitrogens with one attached hydrogen (secondary N) is 1. The fourth-order valence-corrected chi connectivity index (χ4v) is 12.7. The Bertz CT molecular complexity index is 1480. The molecule has 0 spiro atoms. The van der Waals surface area contributed by atoms with Crippen LogP contribution in [0.4, 0.5) is 10.6 Å². The summed E-state index contributed by atoms with van der Waals surface area (Å²) in [5.41, 5.74) is 5.73. The monoisotopic (exact) mass is 795 g/mol. The largest absolute Gasteiger partial charge is 0.458 e. The molecule has 2 unspecified atom stereocenters. The second-order valence-corrected chi connectivity index (χ2v) is 25.8. The molecule has 308 valence electrons. The molecule has 0 saturated carbocycles. The minimum Gasteiger partial charge on any atom is -0.458 e. The van der Waals surface area contributed by atoms with Crippen molar-refractivity contribution in [2.75, 3.05) is 32.0 Å². The molecule has 0 radical (unpaired) electrons. The predicted octanol–water partition coefficient (Wildman–Crippen LogP) is 6.01. The summed E-state index contributed by atoms with van der Waals surface area (Å²) in [5.74, 6) is -0.289. The number of carbonyl (C=O) groups is 2. The maximum Gasteiger partial charge on any atom is 0.408 e. The second-order valence-electron chi connectivity index (χ2n) is 16.3. The SMILES string of the molecule is CC[Si](CC)(CC)OC1[C@@H](O[Si](CC)(CC)CC)[C@H](n2cnc3c(N)ncnc32)O[C@@H]1CN(CCO)CCC(NC(=O)OC(C)(C)C)C(=O)OC(C)(C)C. The smallest absolute Gasteiger partial charge is 0.408 e. The predicted molar refractivity (Wildman–Crippen MR) is 215 cm³/mol. The van der Waals surface area contributed by atoms with Gasteiger partial charge in [0.2, 0.25) is 0 Å². The Hall–Kier alpha value is -2.68. The number of amides is 1. The van der Waals surface area contributed by atoms with Gasteiger partial charge in [0.25, 0.3) is 0 Å². The number of nitrogen functional groups attached to an aromatic ring is 1. The van der Waals surface area contributed by atoms with Crippen LogP contribution in [0.1, 0.15) is 95.7 Å². The maximum atomic E-state index is 13.4. The number of anilines is 1. The Morgan fingerprint density at radius 1 is 0.889 bits per heavy atom. The molecule has 0 aromatic carbocycles. The topological polar surface area (TPSA) is 185 Å². The molecule has 1 aliphatic rings. The van der Waals surface area contributed by atoms with Crippen LogP contribution in [0.3, 0.4) is 0 Å². The third-order valence-electron chi connectivity index (χ3n) is 10.6. The number of imidazole rings is 1. The summed E-state index contributed by atoms with van der Waals surface area (Å²) < 4.78 is 34.9. The van der Waals surface area contributed by atoms with Crippen molar-refractivity contribution < 1.29 is 37.8 Å². The first-order valence-electron chi connectivity index (χ1n) is 19.8. The first kappa shape index (κ1) is 45.7. The highest BCUT2D eigenvalue weighted by molar-refractivity contribution is 6.74. The highest BCUT2D eigenvalue weighted by atomic mass is 28.4. The van der Waals surface area contributed by atoms with Gasteiger partial charge in [-0.05, 0) is 84.2 Å². The van der Waals surface area contributed by atoms with Crippen LogP contribution in [0.2, 0.25) is 36.3 Å². The summed E-state index contributed by atoms with van der Waals surface area (Å²) in [6.45, 7) is 24.7. The third kappa shape index (κ3) is 11.9. The lowest BCUT2D eigenvalue weighted by molar-refractivity contribution is -0.157. The summed E-state index contributed by atoms with van der Waals surface area (Å²) in [7, 11) is -4.47. The minimum atomic E-state index is -2.24. The van der Waals surface area contributed by atoms with E-state index < -0.39 is 70.5 Å². The number of hydrogen-bond donors (Lipinski definition) is 3. The average molecular weight is 796 g/mol. The molecule has 3 heterocycles. The van der Waals surface area contributed by atoms with Gasteiger partial charge in [-0.15, -0.1) is 0 Å². The first-order valence-corrected chi connectivity index (χ1v) is 24.9. The number of nitrogens with zero attached hydrogens (tertiary/aromatic N) is 5. The summed E-state index contributed by atoms with van der Waals surface area (Å²) >= 11 is 0. The van der Waals surface area contributed by atoms with Gasteiger partial charge in [-0.2, -0.15) is 0 Å². The van der Waals surface area contributed by atoms with E-state index >= 15 is 0 Å². The van der Waals surface area contributed by atoms with Crippen molar-refractivity contribution in [3.63, 3.8) is 0 Å². The standard InChI is InChI=1S/C37H69N7O8Si2/c1-13-53(14-2,15-3)51-29-27(23-43(21-22-45)20-19-26(34(46)49-36(7,8)9)42-35(47)50-37(10,11)12)48-33(30(29)52-54(16-4,17-5)18-6)44-25-41-28-31(38)39-24-40-32(28)44/h24-27,29-30,33,45H,13-23H2,1-12H3,(H,42,47)(H2,38,39,40)/t26?,27-,29?,30-,33-/m1/s1. The van der Waals surface area contributed by atoms with E-state index in [0.29, 0.717) is 30.8 Å². The van der Waals surface area contributed by atoms with Crippen molar-refractivity contribution in [3.05, 3.63) is 12.7 Å². The zero-order chi connectivity index (χ0) is 40.5. The number of aliphatic hydroxyl groups is 1. The lowest BCUT2D eigenvalue weighted by atomic mass is 10.1. The Balaban J connectivity index is 2.08. The van der Waals surface area contributed by atoms with Crippen LogP contribution in [-0.2, 0) is 27.9 Å². The summed E-state index contributed by atoms with van der Waals surface area (Å²) in [6.07, 6.45) is 0.551. The molecule has 1 aliphatic heterocycles. The number of nitrogens with two attached hydrogens (primary N) is 1. The lowest BCUT2D eigenvalue weighted by Crippen LogP contribution is -2.53. The highest BCUT2D eigenvalue weighted by Gasteiger charge is 2.53. The van der Waals surface area contributed by atoms with Crippen molar-refractivity contribution in [2.45, 2.75) is 168 Å². The summed E-state index contributed by atoms with van der Waals surface area (Å²) in [4.78, 5) is 41.6.